The fourth-order valence-corrected chi connectivity index (χ4v) is 2.60. The molecule has 0 spiro atoms. The molecular formula is C17H21ClN2O. The maximum absolute atomic E-state index is 6.29. The smallest absolute Gasteiger partial charge is 0.223 e. The van der Waals surface area contributed by atoms with Crippen molar-refractivity contribution in [2.75, 3.05) is 0 Å². The topological polar surface area (TPSA) is 48.1 Å². The Morgan fingerprint density at radius 2 is 1.90 bits per heavy atom. The van der Waals surface area contributed by atoms with Gasteiger partial charge in [-0.15, -0.1) is 0 Å². The first-order valence-corrected chi connectivity index (χ1v) is 7.46. The molecular weight excluding hydrogens is 284 g/mol. The van der Waals surface area contributed by atoms with E-state index in [0.29, 0.717) is 11.8 Å². The first-order valence-electron chi connectivity index (χ1n) is 7.08. The van der Waals surface area contributed by atoms with E-state index in [4.69, 9.17) is 22.1 Å². The Bertz CT molecular complexity index is 639. The summed E-state index contributed by atoms with van der Waals surface area (Å²) >= 11 is 6.29. The molecule has 1 aromatic heterocycles. The summed E-state index contributed by atoms with van der Waals surface area (Å²) in [5, 5.41) is 0.767. The van der Waals surface area contributed by atoms with Crippen molar-refractivity contribution in [1.82, 2.24) is 4.98 Å². The summed E-state index contributed by atoms with van der Waals surface area (Å²) in [4.78, 5) is 4.30. The number of ether oxygens (including phenoxy) is 1. The van der Waals surface area contributed by atoms with E-state index in [1.165, 1.54) is 0 Å². The number of pyridine rings is 1. The highest BCUT2D eigenvalue weighted by Crippen LogP contribution is 2.34. The first-order chi connectivity index (χ1) is 9.90. The van der Waals surface area contributed by atoms with Crippen LogP contribution in [0.2, 0.25) is 5.02 Å². The molecule has 21 heavy (non-hydrogen) atoms. The van der Waals surface area contributed by atoms with Gasteiger partial charge in [-0.25, -0.2) is 4.98 Å². The molecule has 0 amide bonds. The molecule has 2 rings (SSSR count). The number of benzene rings is 1. The largest absolute Gasteiger partial charge is 0.438 e. The van der Waals surface area contributed by atoms with Gasteiger partial charge in [0.1, 0.15) is 5.75 Å². The van der Waals surface area contributed by atoms with Crippen LogP contribution in [0, 0.1) is 6.92 Å². The van der Waals surface area contributed by atoms with Gasteiger partial charge in [0, 0.05) is 22.8 Å². The highest BCUT2D eigenvalue weighted by Gasteiger charge is 2.14. The minimum Gasteiger partial charge on any atom is -0.438 e. The van der Waals surface area contributed by atoms with Gasteiger partial charge in [0.25, 0.3) is 0 Å². The van der Waals surface area contributed by atoms with E-state index in [0.717, 1.165) is 27.5 Å². The third-order valence-corrected chi connectivity index (χ3v) is 3.74. The van der Waals surface area contributed by atoms with Gasteiger partial charge in [-0.1, -0.05) is 31.5 Å². The minimum absolute atomic E-state index is 0.133. The number of rotatable bonds is 4. The average molecular weight is 305 g/mol. The van der Waals surface area contributed by atoms with E-state index < -0.39 is 0 Å². The third kappa shape index (κ3) is 3.55. The Balaban J connectivity index is 2.43. The molecule has 2 aromatic rings. The molecule has 0 aliphatic carbocycles. The number of halogens is 1. The van der Waals surface area contributed by atoms with Gasteiger partial charge < -0.3 is 10.5 Å². The summed E-state index contributed by atoms with van der Waals surface area (Å²) in [7, 11) is 0. The molecule has 0 saturated heterocycles. The molecule has 0 saturated carbocycles. The third-order valence-electron chi connectivity index (χ3n) is 3.41. The van der Waals surface area contributed by atoms with Crippen LogP contribution in [0.25, 0.3) is 0 Å². The van der Waals surface area contributed by atoms with Crippen molar-refractivity contribution in [3.8, 4) is 11.6 Å². The van der Waals surface area contributed by atoms with Crippen LogP contribution >= 0.6 is 11.6 Å². The molecule has 112 valence electrons. The van der Waals surface area contributed by atoms with Crippen molar-refractivity contribution in [2.45, 2.75) is 39.7 Å². The lowest BCUT2D eigenvalue weighted by molar-refractivity contribution is 0.448. The second kappa shape index (κ2) is 6.46. The van der Waals surface area contributed by atoms with E-state index in [9.17, 15) is 0 Å². The van der Waals surface area contributed by atoms with Crippen molar-refractivity contribution in [3.05, 3.63) is 52.2 Å². The summed E-state index contributed by atoms with van der Waals surface area (Å²) < 4.78 is 6.00. The van der Waals surface area contributed by atoms with Crippen molar-refractivity contribution in [3.63, 3.8) is 0 Å². The Labute approximate surface area is 131 Å². The standard InChI is InChI=1S/C17H21ClN2O/c1-10(2)14-9-16(11(3)8-15(14)18)21-17-13(12(4)19)6-5-7-20-17/h5-10,12H,19H2,1-4H3. The highest BCUT2D eigenvalue weighted by atomic mass is 35.5. The van der Waals surface area contributed by atoms with Crippen molar-refractivity contribution in [2.24, 2.45) is 5.73 Å². The molecule has 0 bridgehead atoms. The van der Waals surface area contributed by atoms with E-state index in [1.807, 2.05) is 38.1 Å². The molecule has 0 aliphatic rings. The number of hydrogen-bond acceptors (Lipinski definition) is 3. The fourth-order valence-electron chi connectivity index (χ4n) is 2.16. The molecule has 1 heterocycles. The van der Waals surface area contributed by atoms with Gasteiger partial charge in [-0.2, -0.15) is 0 Å². The second-order valence-electron chi connectivity index (χ2n) is 5.58. The zero-order valence-corrected chi connectivity index (χ0v) is 13.6. The Kier molecular flexibility index (Phi) is 4.86. The number of hydrogen-bond donors (Lipinski definition) is 1. The molecule has 1 atom stereocenters. The van der Waals surface area contributed by atoms with Gasteiger partial charge in [-0.3, -0.25) is 0 Å². The molecule has 4 heteroatoms. The maximum Gasteiger partial charge on any atom is 0.223 e. The van der Waals surface area contributed by atoms with Gasteiger partial charge in [0.2, 0.25) is 5.88 Å². The maximum atomic E-state index is 6.29. The average Bonchev–Trinajstić information content (AvgIpc) is 2.41. The van der Waals surface area contributed by atoms with Crippen LogP contribution in [0.5, 0.6) is 11.6 Å². The predicted molar refractivity (Wildman–Crippen MR) is 87.2 cm³/mol. The van der Waals surface area contributed by atoms with Crippen LogP contribution in [-0.4, -0.2) is 4.98 Å². The minimum atomic E-state index is -0.133. The molecule has 1 aromatic carbocycles. The monoisotopic (exact) mass is 304 g/mol. The highest BCUT2D eigenvalue weighted by molar-refractivity contribution is 6.31. The molecule has 3 nitrogen and oxygen atoms in total. The fraction of sp³-hybridized carbons (Fsp3) is 0.353. The van der Waals surface area contributed by atoms with Gasteiger partial charge >= 0.3 is 0 Å². The number of aryl methyl sites for hydroxylation is 1. The molecule has 0 radical (unpaired) electrons. The van der Waals surface area contributed by atoms with Crippen LogP contribution < -0.4 is 10.5 Å². The van der Waals surface area contributed by atoms with Crippen molar-refractivity contribution in [1.29, 1.82) is 0 Å². The van der Waals surface area contributed by atoms with Gasteiger partial charge in [0.15, 0.2) is 0 Å². The van der Waals surface area contributed by atoms with Crippen LogP contribution in [0.4, 0.5) is 0 Å². The lowest BCUT2D eigenvalue weighted by Gasteiger charge is -2.16. The second-order valence-corrected chi connectivity index (χ2v) is 5.99. The van der Waals surface area contributed by atoms with E-state index >= 15 is 0 Å². The molecule has 2 N–H and O–H groups in total. The van der Waals surface area contributed by atoms with Crippen LogP contribution in [0.3, 0.4) is 0 Å². The normalized spacial score (nSPS) is 12.5. The summed E-state index contributed by atoms with van der Waals surface area (Å²) in [5.41, 5.74) is 8.90. The summed E-state index contributed by atoms with van der Waals surface area (Å²) in [5.74, 6) is 1.65. The molecule has 0 aliphatic heterocycles. The lowest BCUT2D eigenvalue weighted by atomic mass is 10.0. The summed E-state index contributed by atoms with van der Waals surface area (Å²) in [6.07, 6.45) is 1.70. The Morgan fingerprint density at radius 1 is 1.19 bits per heavy atom. The number of nitrogens with two attached hydrogens (primary N) is 1. The molecule has 1 unspecified atom stereocenters. The summed E-state index contributed by atoms with van der Waals surface area (Å²) in [6.45, 7) is 8.10. The molecule has 0 fully saturated rings. The van der Waals surface area contributed by atoms with E-state index in [1.54, 1.807) is 6.20 Å². The van der Waals surface area contributed by atoms with E-state index in [2.05, 4.69) is 18.8 Å². The zero-order valence-electron chi connectivity index (χ0n) is 12.9. The summed E-state index contributed by atoms with van der Waals surface area (Å²) in [6, 6.07) is 7.58. The van der Waals surface area contributed by atoms with Gasteiger partial charge in [0.05, 0.1) is 0 Å². The lowest BCUT2D eigenvalue weighted by Crippen LogP contribution is -2.07. The Morgan fingerprint density at radius 3 is 2.52 bits per heavy atom. The first kappa shape index (κ1) is 15.8. The zero-order chi connectivity index (χ0) is 15.6. The van der Waals surface area contributed by atoms with Crippen LogP contribution in [0.15, 0.2) is 30.5 Å². The quantitative estimate of drug-likeness (QED) is 0.866. The van der Waals surface area contributed by atoms with Crippen molar-refractivity contribution < 1.29 is 4.74 Å². The number of nitrogens with zero attached hydrogens (tertiary/aromatic N) is 1. The van der Waals surface area contributed by atoms with E-state index in [-0.39, 0.29) is 6.04 Å². The number of aromatic nitrogens is 1. The SMILES string of the molecule is Cc1cc(Cl)c(C(C)C)cc1Oc1ncccc1C(C)N. The predicted octanol–water partition coefficient (Wildman–Crippen LogP) is 4.98. The van der Waals surface area contributed by atoms with Crippen LogP contribution in [-0.2, 0) is 0 Å². The Hall–Kier alpha value is -1.58. The van der Waals surface area contributed by atoms with Crippen molar-refractivity contribution >= 4 is 11.6 Å². The van der Waals surface area contributed by atoms with Gasteiger partial charge in [-0.05, 0) is 49.1 Å². The van der Waals surface area contributed by atoms with Crippen LogP contribution in [0.1, 0.15) is 49.4 Å².